The van der Waals surface area contributed by atoms with Gasteiger partial charge in [-0.15, -0.1) is 0 Å². The van der Waals surface area contributed by atoms with Gasteiger partial charge in [0.15, 0.2) is 0 Å². The molecule has 0 aliphatic carbocycles. The average Bonchev–Trinajstić information content (AvgIpc) is 2.60. The van der Waals surface area contributed by atoms with Crippen LogP contribution in [0.1, 0.15) is 48.4 Å². The highest BCUT2D eigenvalue weighted by atomic mass is 16.5. The first-order valence-electron chi connectivity index (χ1n) is 8.70. The Morgan fingerprint density at radius 1 is 0.885 bits per heavy atom. The zero-order valence-electron chi connectivity index (χ0n) is 15.6. The van der Waals surface area contributed by atoms with Crippen molar-refractivity contribution in [2.75, 3.05) is 11.9 Å². The number of anilines is 1. The number of nitrogens with one attached hydrogen (secondary N) is 1. The molecule has 26 heavy (non-hydrogen) atoms. The number of hydrogen-bond donors (Lipinski definition) is 1. The third-order valence-electron chi connectivity index (χ3n) is 3.42. The molecule has 2 rings (SSSR count). The van der Waals surface area contributed by atoms with E-state index in [1.807, 2.05) is 0 Å². The second-order valence-corrected chi connectivity index (χ2v) is 6.71. The average molecular weight is 355 g/mol. The number of benzene rings is 2. The Kier molecular flexibility index (Phi) is 6.78. The van der Waals surface area contributed by atoms with Gasteiger partial charge in [-0.05, 0) is 68.3 Å². The molecular formula is C21H25NO4. The second-order valence-electron chi connectivity index (χ2n) is 6.71. The molecule has 1 amide bonds. The zero-order chi connectivity index (χ0) is 19.1. The summed E-state index contributed by atoms with van der Waals surface area (Å²) in [5.74, 6) is 0.579. The van der Waals surface area contributed by atoms with Gasteiger partial charge in [0.05, 0.1) is 18.3 Å². The molecule has 0 heterocycles. The molecular weight excluding hydrogens is 330 g/mol. The summed E-state index contributed by atoms with van der Waals surface area (Å²) >= 11 is 0. The molecule has 0 fully saturated rings. The Bertz CT molecular complexity index is 734. The molecule has 0 saturated heterocycles. The van der Waals surface area contributed by atoms with Gasteiger partial charge in [0.2, 0.25) is 0 Å². The van der Waals surface area contributed by atoms with Gasteiger partial charge in [0.25, 0.3) is 5.91 Å². The van der Waals surface area contributed by atoms with E-state index in [0.717, 1.165) is 5.75 Å². The number of amides is 1. The predicted octanol–water partition coefficient (Wildman–Crippen LogP) is 4.54. The van der Waals surface area contributed by atoms with Crippen LogP contribution in [0.5, 0.6) is 5.75 Å². The number of hydrogen-bond acceptors (Lipinski definition) is 4. The van der Waals surface area contributed by atoms with Crippen molar-refractivity contribution in [2.45, 2.75) is 33.8 Å². The Hall–Kier alpha value is -2.82. The highest BCUT2D eigenvalue weighted by Crippen LogP contribution is 2.16. The third kappa shape index (κ3) is 5.92. The van der Waals surface area contributed by atoms with Crippen molar-refractivity contribution in [1.29, 1.82) is 0 Å². The maximum Gasteiger partial charge on any atom is 0.338 e. The molecule has 1 N–H and O–H groups in total. The lowest BCUT2D eigenvalue weighted by atomic mass is 10.1. The molecule has 5 nitrogen and oxygen atoms in total. The first kappa shape index (κ1) is 19.5. The molecule has 0 unspecified atom stereocenters. The molecule has 0 aromatic heterocycles. The maximum absolute atomic E-state index is 12.3. The fourth-order valence-corrected chi connectivity index (χ4v) is 2.14. The van der Waals surface area contributed by atoms with Crippen molar-refractivity contribution >= 4 is 17.6 Å². The van der Waals surface area contributed by atoms with Crippen LogP contribution in [0.3, 0.4) is 0 Å². The standard InChI is InChI=1S/C21H25NO4/c1-14(2)13-25-19-11-7-16(8-12-19)20(23)22-18-9-5-17(6-10-18)21(24)26-15(3)4/h5-12,14-15H,13H2,1-4H3,(H,22,23). The lowest BCUT2D eigenvalue weighted by molar-refractivity contribution is 0.0378. The normalized spacial score (nSPS) is 10.7. The van der Waals surface area contributed by atoms with Crippen LogP contribution in [0.25, 0.3) is 0 Å². The second kappa shape index (κ2) is 9.04. The van der Waals surface area contributed by atoms with E-state index in [-0.39, 0.29) is 18.0 Å². The summed E-state index contributed by atoms with van der Waals surface area (Å²) in [6.07, 6.45) is -0.172. The summed E-state index contributed by atoms with van der Waals surface area (Å²) in [5.41, 5.74) is 1.59. The van der Waals surface area contributed by atoms with Crippen LogP contribution in [-0.2, 0) is 4.74 Å². The van der Waals surface area contributed by atoms with Gasteiger partial charge in [0, 0.05) is 11.3 Å². The Labute approximate surface area is 154 Å². The van der Waals surface area contributed by atoms with Gasteiger partial charge in [-0.1, -0.05) is 13.8 Å². The topological polar surface area (TPSA) is 64.6 Å². The maximum atomic E-state index is 12.3. The predicted molar refractivity (Wildman–Crippen MR) is 102 cm³/mol. The van der Waals surface area contributed by atoms with Crippen molar-refractivity contribution in [2.24, 2.45) is 5.92 Å². The van der Waals surface area contributed by atoms with E-state index in [1.54, 1.807) is 62.4 Å². The van der Waals surface area contributed by atoms with Crippen LogP contribution in [-0.4, -0.2) is 24.6 Å². The number of carbonyl (C=O) groups excluding carboxylic acids is 2. The van der Waals surface area contributed by atoms with Crippen LogP contribution >= 0.6 is 0 Å². The van der Waals surface area contributed by atoms with E-state index in [9.17, 15) is 9.59 Å². The molecule has 2 aromatic carbocycles. The fourth-order valence-electron chi connectivity index (χ4n) is 2.14. The SMILES string of the molecule is CC(C)COc1ccc(C(=O)Nc2ccc(C(=O)OC(C)C)cc2)cc1. The lowest BCUT2D eigenvalue weighted by Crippen LogP contribution is -2.13. The summed E-state index contributed by atoms with van der Waals surface area (Å²) < 4.78 is 10.7. The van der Waals surface area contributed by atoms with Crippen molar-refractivity contribution < 1.29 is 19.1 Å². The Balaban J connectivity index is 1.95. The van der Waals surface area contributed by atoms with Gasteiger partial charge in [-0.3, -0.25) is 4.79 Å². The molecule has 138 valence electrons. The van der Waals surface area contributed by atoms with Crippen molar-refractivity contribution in [3.8, 4) is 5.75 Å². The molecule has 2 aromatic rings. The summed E-state index contributed by atoms with van der Waals surface area (Å²) in [4.78, 5) is 24.1. The van der Waals surface area contributed by atoms with Gasteiger partial charge in [-0.2, -0.15) is 0 Å². The smallest absolute Gasteiger partial charge is 0.338 e. The van der Waals surface area contributed by atoms with Crippen LogP contribution in [0.4, 0.5) is 5.69 Å². The summed E-state index contributed by atoms with van der Waals surface area (Å²) in [7, 11) is 0. The minimum absolute atomic E-state index is 0.172. The van der Waals surface area contributed by atoms with Gasteiger partial charge in [0.1, 0.15) is 5.75 Å². The molecule has 0 aliphatic rings. The number of esters is 1. The number of ether oxygens (including phenoxy) is 2. The first-order chi connectivity index (χ1) is 12.3. The Morgan fingerprint density at radius 2 is 1.46 bits per heavy atom. The van der Waals surface area contributed by atoms with E-state index in [2.05, 4.69) is 19.2 Å². The molecule has 0 radical (unpaired) electrons. The van der Waals surface area contributed by atoms with Crippen molar-refractivity contribution in [1.82, 2.24) is 0 Å². The highest BCUT2D eigenvalue weighted by Gasteiger charge is 2.10. The summed E-state index contributed by atoms with van der Waals surface area (Å²) in [6.45, 7) is 8.39. The fraction of sp³-hybridized carbons (Fsp3) is 0.333. The third-order valence-corrected chi connectivity index (χ3v) is 3.42. The molecule has 0 bridgehead atoms. The van der Waals surface area contributed by atoms with Gasteiger partial charge in [-0.25, -0.2) is 4.79 Å². The van der Waals surface area contributed by atoms with E-state index in [1.165, 1.54) is 0 Å². The molecule has 5 heteroatoms. The van der Waals surface area contributed by atoms with Crippen molar-refractivity contribution in [3.63, 3.8) is 0 Å². The van der Waals surface area contributed by atoms with Crippen LogP contribution in [0, 0.1) is 5.92 Å². The molecule has 0 atom stereocenters. The lowest BCUT2D eigenvalue weighted by Gasteiger charge is -2.10. The summed E-state index contributed by atoms with van der Waals surface area (Å²) in [5, 5.41) is 2.80. The Morgan fingerprint density at radius 3 is 2.00 bits per heavy atom. The van der Waals surface area contributed by atoms with Crippen LogP contribution in [0.2, 0.25) is 0 Å². The van der Waals surface area contributed by atoms with Crippen molar-refractivity contribution in [3.05, 3.63) is 59.7 Å². The van der Waals surface area contributed by atoms with E-state index in [0.29, 0.717) is 29.3 Å². The highest BCUT2D eigenvalue weighted by molar-refractivity contribution is 6.04. The largest absolute Gasteiger partial charge is 0.493 e. The van der Waals surface area contributed by atoms with E-state index < -0.39 is 0 Å². The molecule has 0 aliphatic heterocycles. The number of carbonyl (C=O) groups is 2. The first-order valence-corrected chi connectivity index (χ1v) is 8.70. The van der Waals surface area contributed by atoms with E-state index >= 15 is 0 Å². The quantitative estimate of drug-likeness (QED) is 0.741. The minimum atomic E-state index is -0.380. The molecule has 0 spiro atoms. The monoisotopic (exact) mass is 355 g/mol. The van der Waals surface area contributed by atoms with Crippen LogP contribution in [0.15, 0.2) is 48.5 Å². The zero-order valence-corrected chi connectivity index (χ0v) is 15.6. The molecule has 0 saturated carbocycles. The van der Waals surface area contributed by atoms with Crippen LogP contribution < -0.4 is 10.1 Å². The van der Waals surface area contributed by atoms with Gasteiger partial charge < -0.3 is 14.8 Å². The van der Waals surface area contributed by atoms with E-state index in [4.69, 9.17) is 9.47 Å². The number of rotatable bonds is 7. The minimum Gasteiger partial charge on any atom is -0.493 e. The summed E-state index contributed by atoms with van der Waals surface area (Å²) in [6, 6.07) is 13.6. The van der Waals surface area contributed by atoms with Gasteiger partial charge >= 0.3 is 5.97 Å².